The van der Waals surface area contributed by atoms with E-state index in [-0.39, 0.29) is 6.10 Å². The third-order valence-electron chi connectivity index (χ3n) is 4.20. The zero-order chi connectivity index (χ0) is 12.4. The molecule has 3 atom stereocenters. The van der Waals surface area contributed by atoms with Crippen LogP contribution in [0.25, 0.3) is 0 Å². The topological polar surface area (TPSA) is 50.7 Å². The van der Waals surface area contributed by atoms with Crippen LogP contribution in [0.1, 0.15) is 32.1 Å². The van der Waals surface area contributed by atoms with E-state index >= 15 is 0 Å². The van der Waals surface area contributed by atoms with Crippen molar-refractivity contribution in [3.63, 3.8) is 0 Å². The molecule has 1 heterocycles. The van der Waals surface area contributed by atoms with Crippen molar-refractivity contribution in [2.45, 2.75) is 50.4 Å². The summed E-state index contributed by atoms with van der Waals surface area (Å²) in [5.41, 5.74) is 0. The first kappa shape index (κ1) is 12.9. The lowest BCUT2D eigenvalue weighted by atomic mass is 10.1. The highest BCUT2D eigenvalue weighted by atomic mass is 16.5. The number of aliphatic hydroxyl groups excluding tert-OH is 1. The van der Waals surface area contributed by atoms with Crippen molar-refractivity contribution in [2.75, 3.05) is 26.4 Å². The third-order valence-corrected chi connectivity index (χ3v) is 4.20. The lowest BCUT2D eigenvalue weighted by molar-refractivity contribution is 0.0277. The van der Waals surface area contributed by atoms with E-state index in [0.717, 1.165) is 31.5 Å². The Bertz CT molecular complexity index is 266. The van der Waals surface area contributed by atoms with Crippen LogP contribution >= 0.6 is 0 Å². The summed E-state index contributed by atoms with van der Waals surface area (Å²) in [5, 5.41) is 13.3. The van der Waals surface area contributed by atoms with Crippen molar-refractivity contribution in [1.82, 2.24) is 5.32 Å². The van der Waals surface area contributed by atoms with Crippen LogP contribution in [0, 0.1) is 11.8 Å². The number of hydrogen-bond donors (Lipinski definition) is 2. The second-order valence-corrected chi connectivity index (χ2v) is 6.11. The molecule has 1 saturated heterocycles. The van der Waals surface area contributed by atoms with Gasteiger partial charge in [-0.1, -0.05) is 0 Å². The average molecular weight is 255 g/mol. The Hall–Kier alpha value is -0.160. The third kappa shape index (κ3) is 3.67. The first-order valence-electron chi connectivity index (χ1n) is 7.43. The minimum Gasteiger partial charge on any atom is -0.389 e. The standard InChI is InChI=1S/C14H25NO3/c16-12(9-17-8-10-1-2-10)7-15-13-5-6-18-14(13)11-3-4-11/h10-16H,1-9H2. The Morgan fingerprint density at radius 1 is 1.22 bits per heavy atom. The van der Waals surface area contributed by atoms with Crippen molar-refractivity contribution in [2.24, 2.45) is 11.8 Å². The van der Waals surface area contributed by atoms with Crippen molar-refractivity contribution < 1.29 is 14.6 Å². The van der Waals surface area contributed by atoms with Crippen LogP contribution in [-0.4, -0.2) is 49.7 Å². The van der Waals surface area contributed by atoms with E-state index < -0.39 is 0 Å². The number of ether oxygens (including phenoxy) is 2. The van der Waals surface area contributed by atoms with Gasteiger partial charge in [0.25, 0.3) is 0 Å². The maximum Gasteiger partial charge on any atom is 0.0897 e. The highest BCUT2D eigenvalue weighted by molar-refractivity contribution is 4.93. The molecule has 3 fully saturated rings. The van der Waals surface area contributed by atoms with E-state index in [1.807, 2.05) is 0 Å². The minimum absolute atomic E-state index is 0.385. The molecule has 2 saturated carbocycles. The molecule has 2 N–H and O–H groups in total. The van der Waals surface area contributed by atoms with Gasteiger partial charge in [0.05, 0.1) is 18.8 Å². The average Bonchev–Trinajstić information content (AvgIpc) is 3.28. The Labute approximate surface area is 109 Å². The van der Waals surface area contributed by atoms with Gasteiger partial charge in [-0.15, -0.1) is 0 Å². The maximum atomic E-state index is 9.85. The zero-order valence-corrected chi connectivity index (χ0v) is 11.0. The molecule has 0 amide bonds. The highest BCUT2D eigenvalue weighted by Crippen LogP contribution is 2.38. The van der Waals surface area contributed by atoms with Gasteiger partial charge >= 0.3 is 0 Å². The molecular weight excluding hydrogens is 230 g/mol. The lowest BCUT2D eigenvalue weighted by Gasteiger charge is -2.21. The molecule has 3 aliphatic rings. The summed E-state index contributed by atoms with van der Waals surface area (Å²) in [6.07, 6.45) is 6.32. The molecule has 18 heavy (non-hydrogen) atoms. The quantitative estimate of drug-likeness (QED) is 0.677. The molecule has 4 heteroatoms. The molecule has 1 aliphatic heterocycles. The van der Waals surface area contributed by atoms with E-state index in [2.05, 4.69) is 5.32 Å². The molecule has 3 unspecified atom stereocenters. The Kier molecular flexibility index (Phi) is 4.19. The number of hydrogen-bond acceptors (Lipinski definition) is 4. The second-order valence-electron chi connectivity index (χ2n) is 6.11. The Morgan fingerprint density at radius 2 is 2.06 bits per heavy atom. The van der Waals surface area contributed by atoms with Gasteiger partial charge < -0.3 is 19.9 Å². The lowest BCUT2D eigenvalue weighted by Crippen LogP contribution is -2.42. The van der Waals surface area contributed by atoms with E-state index in [1.54, 1.807) is 0 Å². The normalized spacial score (nSPS) is 33.8. The number of aliphatic hydroxyl groups is 1. The molecule has 4 nitrogen and oxygen atoms in total. The largest absolute Gasteiger partial charge is 0.389 e. The first-order chi connectivity index (χ1) is 8.83. The van der Waals surface area contributed by atoms with Gasteiger partial charge in [-0.2, -0.15) is 0 Å². The van der Waals surface area contributed by atoms with Crippen molar-refractivity contribution >= 4 is 0 Å². The second kappa shape index (κ2) is 5.87. The van der Waals surface area contributed by atoms with Crippen LogP contribution in [0.15, 0.2) is 0 Å². The highest BCUT2D eigenvalue weighted by Gasteiger charge is 2.40. The molecule has 2 aliphatic carbocycles. The molecule has 3 rings (SSSR count). The summed E-state index contributed by atoms with van der Waals surface area (Å²) in [6, 6.07) is 0.440. The van der Waals surface area contributed by atoms with E-state index in [9.17, 15) is 5.11 Å². The van der Waals surface area contributed by atoms with Gasteiger partial charge in [0.2, 0.25) is 0 Å². The fourth-order valence-corrected chi connectivity index (χ4v) is 2.72. The summed E-state index contributed by atoms with van der Waals surface area (Å²) in [4.78, 5) is 0. The fourth-order valence-electron chi connectivity index (χ4n) is 2.72. The monoisotopic (exact) mass is 255 g/mol. The summed E-state index contributed by atoms with van der Waals surface area (Å²) < 4.78 is 11.3. The minimum atomic E-state index is -0.385. The van der Waals surface area contributed by atoms with Crippen LogP contribution in [0.3, 0.4) is 0 Å². The summed E-state index contributed by atoms with van der Waals surface area (Å²) in [6.45, 7) is 2.79. The number of rotatable bonds is 8. The molecule has 0 aromatic rings. The van der Waals surface area contributed by atoms with Gasteiger partial charge in [0, 0.05) is 25.8 Å². The summed E-state index contributed by atoms with van der Waals surface area (Å²) >= 11 is 0. The van der Waals surface area contributed by atoms with Crippen molar-refractivity contribution in [3.8, 4) is 0 Å². The molecule has 0 spiro atoms. The molecule has 104 valence electrons. The van der Waals surface area contributed by atoms with Crippen molar-refractivity contribution in [1.29, 1.82) is 0 Å². The Morgan fingerprint density at radius 3 is 2.78 bits per heavy atom. The summed E-state index contributed by atoms with van der Waals surface area (Å²) in [7, 11) is 0. The SMILES string of the molecule is OC(CNC1CCOC1C1CC1)COCC1CC1. The van der Waals surface area contributed by atoms with Crippen LogP contribution < -0.4 is 5.32 Å². The van der Waals surface area contributed by atoms with E-state index in [1.165, 1.54) is 25.7 Å². The smallest absolute Gasteiger partial charge is 0.0897 e. The Balaban J connectivity index is 1.29. The van der Waals surface area contributed by atoms with Gasteiger partial charge in [-0.3, -0.25) is 0 Å². The number of nitrogens with one attached hydrogen (secondary N) is 1. The van der Waals surface area contributed by atoms with Crippen LogP contribution in [0.4, 0.5) is 0 Å². The first-order valence-corrected chi connectivity index (χ1v) is 7.43. The van der Waals surface area contributed by atoms with E-state index in [0.29, 0.717) is 25.3 Å². The van der Waals surface area contributed by atoms with Gasteiger partial charge in [0.15, 0.2) is 0 Å². The van der Waals surface area contributed by atoms with E-state index in [4.69, 9.17) is 9.47 Å². The van der Waals surface area contributed by atoms with Crippen LogP contribution in [-0.2, 0) is 9.47 Å². The van der Waals surface area contributed by atoms with Gasteiger partial charge in [-0.05, 0) is 43.9 Å². The predicted octanol–water partition coefficient (Wildman–Crippen LogP) is 0.931. The zero-order valence-electron chi connectivity index (χ0n) is 11.0. The molecule has 0 aromatic carbocycles. The van der Waals surface area contributed by atoms with Gasteiger partial charge in [0.1, 0.15) is 0 Å². The fraction of sp³-hybridized carbons (Fsp3) is 1.00. The van der Waals surface area contributed by atoms with Gasteiger partial charge in [-0.25, -0.2) is 0 Å². The molecule has 0 aromatic heterocycles. The molecular formula is C14H25NO3. The summed E-state index contributed by atoms with van der Waals surface area (Å²) in [5.74, 6) is 1.54. The maximum absolute atomic E-state index is 9.85. The molecule has 0 bridgehead atoms. The molecule has 0 radical (unpaired) electrons. The van der Waals surface area contributed by atoms with Crippen molar-refractivity contribution in [3.05, 3.63) is 0 Å². The van der Waals surface area contributed by atoms with Crippen LogP contribution in [0.5, 0.6) is 0 Å². The van der Waals surface area contributed by atoms with Crippen LogP contribution in [0.2, 0.25) is 0 Å². The predicted molar refractivity (Wildman–Crippen MR) is 68.4 cm³/mol.